The molecule has 0 saturated heterocycles. The van der Waals surface area contributed by atoms with Gasteiger partial charge >= 0.3 is 0 Å². The van der Waals surface area contributed by atoms with Crippen molar-refractivity contribution in [2.24, 2.45) is 11.7 Å². The summed E-state index contributed by atoms with van der Waals surface area (Å²) in [5.41, 5.74) is 5.30. The van der Waals surface area contributed by atoms with Gasteiger partial charge in [-0.1, -0.05) is 6.92 Å². The normalized spacial score (nSPS) is 16.8. The topological polar surface area (TPSA) is 53.1 Å². The van der Waals surface area contributed by atoms with Crippen LogP contribution in [0, 0.1) is 11.3 Å². The number of hydrogen-bond acceptors (Lipinski definition) is 2. The van der Waals surface area contributed by atoms with Gasteiger partial charge in [0.2, 0.25) is 0 Å². The maximum absolute atomic E-state index is 7.11. The summed E-state index contributed by atoms with van der Waals surface area (Å²) >= 11 is 0. The van der Waals surface area contributed by atoms with Gasteiger partial charge in [0.1, 0.15) is 0 Å². The van der Waals surface area contributed by atoms with Gasteiger partial charge in [0, 0.05) is 19.5 Å². The third-order valence-electron chi connectivity index (χ3n) is 2.36. The number of rotatable bonds is 6. The van der Waals surface area contributed by atoms with Crippen LogP contribution in [0.5, 0.6) is 0 Å². The van der Waals surface area contributed by atoms with Crippen molar-refractivity contribution in [2.45, 2.75) is 26.2 Å². The van der Waals surface area contributed by atoms with Gasteiger partial charge in [-0.05, 0) is 25.3 Å². The van der Waals surface area contributed by atoms with E-state index >= 15 is 0 Å². The Labute approximate surface area is 74.4 Å². The van der Waals surface area contributed by atoms with E-state index in [1.165, 1.54) is 19.4 Å². The molecule has 0 aliphatic heterocycles. The summed E-state index contributed by atoms with van der Waals surface area (Å²) in [6.45, 7) is 5.43. The van der Waals surface area contributed by atoms with Gasteiger partial charge in [-0.25, -0.2) is 0 Å². The molecule has 0 amide bonds. The second kappa shape index (κ2) is 4.45. The van der Waals surface area contributed by atoms with E-state index < -0.39 is 0 Å². The summed E-state index contributed by atoms with van der Waals surface area (Å²) in [6.07, 6.45) is 3.52. The van der Waals surface area contributed by atoms with Crippen LogP contribution in [0.1, 0.15) is 26.2 Å². The third kappa shape index (κ3) is 3.72. The first-order valence-electron chi connectivity index (χ1n) is 4.77. The standard InChI is InChI=1S/C9H19N3/c1-2-12(6-5-9(10)11)7-8-3-4-8/h8H,2-7H2,1H3,(H3,10,11). The van der Waals surface area contributed by atoms with E-state index in [1.54, 1.807) is 0 Å². The molecule has 70 valence electrons. The van der Waals surface area contributed by atoms with Crippen LogP contribution in [0.25, 0.3) is 0 Å². The largest absolute Gasteiger partial charge is 0.388 e. The van der Waals surface area contributed by atoms with Gasteiger partial charge in [0.15, 0.2) is 0 Å². The van der Waals surface area contributed by atoms with Crippen molar-refractivity contribution in [2.75, 3.05) is 19.6 Å². The number of hydrogen-bond donors (Lipinski definition) is 2. The Kier molecular flexibility index (Phi) is 3.53. The number of nitrogens with zero attached hydrogens (tertiary/aromatic N) is 1. The zero-order valence-electron chi connectivity index (χ0n) is 7.84. The molecule has 0 bridgehead atoms. The molecular weight excluding hydrogens is 150 g/mol. The van der Waals surface area contributed by atoms with Crippen molar-refractivity contribution in [1.82, 2.24) is 4.90 Å². The number of nitrogens with two attached hydrogens (primary N) is 1. The van der Waals surface area contributed by atoms with Crippen LogP contribution in [0.4, 0.5) is 0 Å². The molecule has 1 rings (SSSR count). The molecule has 0 heterocycles. The Morgan fingerprint density at radius 1 is 1.58 bits per heavy atom. The number of nitrogens with one attached hydrogen (secondary N) is 1. The van der Waals surface area contributed by atoms with Gasteiger partial charge < -0.3 is 10.6 Å². The van der Waals surface area contributed by atoms with E-state index in [1.807, 2.05) is 0 Å². The molecule has 0 unspecified atom stereocenters. The van der Waals surface area contributed by atoms with Crippen LogP contribution in [-0.4, -0.2) is 30.4 Å². The summed E-state index contributed by atoms with van der Waals surface area (Å²) < 4.78 is 0. The van der Waals surface area contributed by atoms with Crippen LogP contribution in [0.3, 0.4) is 0 Å². The molecule has 0 radical (unpaired) electrons. The SMILES string of the molecule is CCN(CCC(=N)N)CC1CC1. The first-order chi connectivity index (χ1) is 5.72. The Bertz CT molecular complexity index is 152. The van der Waals surface area contributed by atoms with Crippen molar-refractivity contribution in [1.29, 1.82) is 5.41 Å². The summed E-state index contributed by atoms with van der Waals surface area (Å²) in [4.78, 5) is 2.39. The van der Waals surface area contributed by atoms with Crippen LogP contribution in [-0.2, 0) is 0 Å². The highest BCUT2D eigenvalue weighted by Gasteiger charge is 2.23. The summed E-state index contributed by atoms with van der Waals surface area (Å²) in [5, 5.41) is 7.11. The van der Waals surface area contributed by atoms with Crippen molar-refractivity contribution in [3.05, 3.63) is 0 Å². The highest BCUT2D eigenvalue weighted by atomic mass is 15.1. The molecule has 3 heteroatoms. The maximum atomic E-state index is 7.11. The molecule has 3 N–H and O–H groups in total. The molecule has 1 aliphatic carbocycles. The molecular formula is C9H19N3. The average molecular weight is 169 g/mol. The Hall–Kier alpha value is -0.570. The molecule has 0 aromatic carbocycles. The van der Waals surface area contributed by atoms with Gasteiger partial charge in [-0.15, -0.1) is 0 Å². The highest BCUT2D eigenvalue weighted by molar-refractivity contribution is 5.76. The smallest absolute Gasteiger partial charge is 0.0918 e. The predicted molar refractivity (Wildman–Crippen MR) is 51.4 cm³/mol. The van der Waals surface area contributed by atoms with Crippen molar-refractivity contribution in [3.8, 4) is 0 Å². The van der Waals surface area contributed by atoms with Crippen molar-refractivity contribution >= 4 is 5.84 Å². The fraction of sp³-hybridized carbons (Fsp3) is 0.889. The monoisotopic (exact) mass is 169 g/mol. The summed E-state index contributed by atoms with van der Waals surface area (Å²) in [7, 11) is 0. The van der Waals surface area contributed by atoms with Crippen LogP contribution >= 0.6 is 0 Å². The fourth-order valence-corrected chi connectivity index (χ4v) is 1.32. The lowest BCUT2D eigenvalue weighted by Crippen LogP contribution is -2.29. The van der Waals surface area contributed by atoms with Crippen molar-refractivity contribution in [3.63, 3.8) is 0 Å². The Morgan fingerprint density at radius 2 is 2.25 bits per heavy atom. The second-order valence-electron chi connectivity index (χ2n) is 3.61. The lowest BCUT2D eigenvalue weighted by atomic mass is 10.3. The first kappa shape index (κ1) is 9.52. The molecule has 12 heavy (non-hydrogen) atoms. The Balaban J connectivity index is 2.10. The molecule has 0 atom stereocenters. The van der Waals surface area contributed by atoms with Crippen molar-refractivity contribution < 1.29 is 0 Å². The van der Waals surface area contributed by atoms with Crippen LogP contribution in [0.15, 0.2) is 0 Å². The van der Waals surface area contributed by atoms with Gasteiger partial charge in [0.25, 0.3) is 0 Å². The van der Waals surface area contributed by atoms with E-state index in [2.05, 4.69) is 11.8 Å². The van der Waals surface area contributed by atoms with Gasteiger partial charge in [-0.2, -0.15) is 0 Å². The molecule has 0 aromatic heterocycles. The van der Waals surface area contributed by atoms with E-state index in [4.69, 9.17) is 11.1 Å². The van der Waals surface area contributed by atoms with Crippen LogP contribution < -0.4 is 5.73 Å². The third-order valence-corrected chi connectivity index (χ3v) is 2.36. The minimum absolute atomic E-state index is 0.309. The minimum atomic E-state index is 0.309. The number of amidine groups is 1. The van der Waals surface area contributed by atoms with E-state index in [0.717, 1.165) is 25.4 Å². The van der Waals surface area contributed by atoms with Gasteiger partial charge in [-0.3, -0.25) is 5.41 Å². The molecule has 1 fully saturated rings. The molecule has 0 spiro atoms. The van der Waals surface area contributed by atoms with E-state index in [-0.39, 0.29) is 0 Å². The quantitative estimate of drug-likeness (QED) is 0.461. The molecule has 0 aromatic rings. The Morgan fingerprint density at radius 3 is 2.67 bits per heavy atom. The lowest BCUT2D eigenvalue weighted by molar-refractivity contribution is 0.284. The summed E-state index contributed by atoms with van der Waals surface area (Å²) in [6, 6.07) is 0. The predicted octanol–water partition coefficient (Wildman–Crippen LogP) is 1.04. The average Bonchev–Trinajstić information content (AvgIpc) is 2.81. The molecule has 1 saturated carbocycles. The second-order valence-corrected chi connectivity index (χ2v) is 3.61. The first-order valence-corrected chi connectivity index (χ1v) is 4.77. The van der Waals surface area contributed by atoms with E-state index in [9.17, 15) is 0 Å². The molecule has 1 aliphatic rings. The molecule has 3 nitrogen and oxygen atoms in total. The maximum Gasteiger partial charge on any atom is 0.0918 e. The van der Waals surface area contributed by atoms with Crippen LogP contribution in [0.2, 0.25) is 0 Å². The highest BCUT2D eigenvalue weighted by Crippen LogP contribution is 2.29. The summed E-state index contributed by atoms with van der Waals surface area (Å²) in [5.74, 6) is 1.25. The lowest BCUT2D eigenvalue weighted by Gasteiger charge is -2.19. The minimum Gasteiger partial charge on any atom is -0.388 e. The van der Waals surface area contributed by atoms with E-state index in [0.29, 0.717) is 5.84 Å². The van der Waals surface area contributed by atoms with Gasteiger partial charge in [0.05, 0.1) is 5.84 Å². The zero-order chi connectivity index (χ0) is 8.97. The fourth-order valence-electron chi connectivity index (χ4n) is 1.32. The zero-order valence-corrected chi connectivity index (χ0v) is 7.84.